The smallest absolute Gasteiger partial charge is 0.338 e. The van der Waals surface area contributed by atoms with Crippen molar-refractivity contribution >= 4 is 18.0 Å². The molecular weight excluding hydrogens is 320 g/mol. The summed E-state index contributed by atoms with van der Waals surface area (Å²) >= 11 is 0. The number of rotatable bonds is 3. The van der Waals surface area contributed by atoms with E-state index < -0.39 is 35.9 Å². The largest absolute Gasteiger partial charge is 0.504 e. The van der Waals surface area contributed by atoms with Gasteiger partial charge in [0.05, 0.1) is 6.10 Å². The Morgan fingerprint density at radius 3 is 2.75 bits per heavy atom. The Balaban J connectivity index is 1.65. The molecule has 1 heterocycles. The summed E-state index contributed by atoms with van der Waals surface area (Å²) in [5.74, 6) is -2.21. The van der Waals surface area contributed by atoms with E-state index in [1.54, 1.807) is 0 Å². The third-order valence-electron chi connectivity index (χ3n) is 4.13. The third kappa shape index (κ3) is 2.93. The molecule has 1 aliphatic carbocycles. The number of ether oxygens (including phenoxy) is 2. The zero-order chi connectivity index (χ0) is 17.5. The molecule has 3 rings (SSSR count). The Morgan fingerprint density at radius 2 is 2.04 bits per heavy atom. The van der Waals surface area contributed by atoms with Crippen LogP contribution in [0.1, 0.15) is 18.4 Å². The number of hydrogen-bond donors (Lipinski definition) is 4. The third-order valence-corrected chi connectivity index (χ3v) is 4.13. The van der Waals surface area contributed by atoms with Crippen molar-refractivity contribution in [2.75, 3.05) is 0 Å². The Labute approximate surface area is 136 Å². The van der Waals surface area contributed by atoms with Crippen LogP contribution in [0, 0.1) is 0 Å². The molecule has 1 aromatic rings. The predicted molar refractivity (Wildman–Crippen MR) is 78.8 cm³/mol. The number of carbonyl (C=O) groups excluding carboxylic acids is 2. The molecule has 1 aromatic carbocycles. The molecule has 24 heavy (non-hydrogen) atoms. The lowest BCUT2D eigenvalue weighted by Crippen LogP contribution is -2.50. The Kier molecular flexibility index (Phi) is 3.94. The topological polar surface area (TPSA) is 134 Å². The van der Waals surface area contributed by atoms with Crippen molar-refractivity contribution in [2.45, 2.75) is 36.8 Å². The first-order valence-corrected chi connectivity index (χ1v) is 7.31. The molecule has 4 N–H and O–H groups in total. The minimum absolute atomic E-state index is 0.0314. The van der Waals surface area contributed by atoms with Crippen molar-refractivity contribution in [1.82, 2.24) is 0 Å². The van der Waals surface area contributed by atoms with Gasteiger partial charge in [-0.25, -0.2) is 9.59 Å². The lowest BCUT2D eigenvalue weighted by atomic mass is 9.82. The number of carbonyl (C=O) groups is 2. The number of aromatic hydroxyl groups is 2. The molecule has 128 valence electrons. The van der Waals surface area contributed by atoms with E-state index in [0.717, 1.165) is 6.08 Å². The van der Waals surface area contributed by atoms with E-state index in [-0.39, 0.29) is 24.3 Å². The van der Waals surface area contributed by atoms with Gasteiger partial charge in [0.2, 0.25) is 0 Å². The van der Waals surface area contributed by atoms with E-state index in [1.807, 2.05) is 0 Å². The van der Waals surface area contributed by atoms with Crippen LogP contribution in [0.2, 0.25) is 0 Å². The second-order valence-corrected chi connectivity index (χ2v) is 5.93. The van der Waals surface area contributed by atoms with E-state index in [1.165, 1.54) is 24.3 Å². The summed E-state index contributed by atoms with van der Waals surface area (Å²) in [6, 6.07) is 4.00. The molecule has 0 amide bonds. The molecule has 0 spiro atoms. The van der Waals surface area contributed by atoms with Gasteiger partial charge in [-0.1, -0.05) is 6.07 Å². The van der Waals surface area contributed by atoms with E-state index in [9.17, 15) is 30.0 Å². The summed E-state index contributed by atoms with van der Waals surface area (Å²) in [6.07, 6.45) is -1.01. The number of hydrogen-bond acceptors (Lipinski definition) is 8. The SMILES string of the molecule is O=C(/C=C/c1ccc(O)c(O)c1)O[C@@H]1[C@H](O)C[C@@]2(O)C[C@@H]1OC2=O. The lowest BCUT2D eigenvalue weighted by Gasteiger charge is -2.32. The molecule has 1 saturated carbocycles. The number of phenolic OH excluding ortho intramolecular Hbond substituents is 2. The minimum atomic E-state index is -1.72. The van der Waals surface area contributed by atoms with Crippen molar-refractivity contribution in [3.8, 4) is 11.5 Å². The van der Waals surface area contributed by atoms with Crippen molar-refractivity contribution in [2.24, 2.45) is 0 Å². The summed E-state index contributed by atoms with van der Waals surface area (Å²) < 4.78 is 10.1. The molecule has 1 saturated heterocycles. The summed E-state index contributed by atoms with van der Waals surface area (Å²) in [4.78, 5) is 23.4. The summed E-state index contributed by atoms with van der Waals surface area (Å²) in [6.45, 7) is 0. The maximum absolute atomic E-state index is 11.9. The van der Waals surface area contributed by atoms with Gasteiger partial charge < -0.3 is 29.9 Å². The molecule has 0 radical (unpaired) electrons. The second kappa shape index (κ2) is 5.81. The Bertz CT molecular complexity index is 712. The number of fused-ring (bicyclic) bond motifs is 2. The minimum Gasteiger partial charge on any atom is -0.504 e. The summed E-state index contributed by atoms with van der Waals surface area (Å²) in [7, 11) is 0. The van der Waals surface area contributed by atoms with Gasteiger partial charge in [-0.2, -0.15) is 0 Å². The van der Waals surface area contributed by atoms with Crippen molar-refractivity contribution < 1.29 is 39.5 Å². The van der Waals surface area contributed by atoms with E-state index >= 15 is 0 Å². The van der Waals surface area contributed by atoms with Gasteiger partial charge in [-0.05, 0) is 23.8 Å². The maximum Gasteiger partial charge on any atom is 0.338 e. The molecule has 0 aromatic heterocycles. The van der Waals surface area contributed by atoms with Gasteiger partial charge in [-0.3, -0.25) is 0 Å². The summed E-state index contributed by atoms with van der Waals surface area (Å²) in [5.41, 5.74) is -1.26. The first-order valence-electron chi connectivity index (χ1n) is 7.31. The lowest BCUT2D eigenvalue weighted by molar-refractivity contribution is -0.165. The molecule has 8 nitrogen and oxygen atoms in total. The number of esters is 2. The van der Waals surface area contributed by atoms with E-state index in [4.69, 9.17) is 9.47 Å². The Hall–Kier alpha value is -2.58. The van der Waals surface area contributed by atoms with E-state index in [2.05, 4.69) is 0 Å². The van der Waals surface area contributed by atoms with Gasteiger partial charge in [0, 0.05) is 18.9 Å². The normalized spacial score (nSPS) is 31.9. The highest BCUT2D eigenvalue weighted by Crippen LogP contribution is 2.39. The molecule has 0 unspecified atom stereocenters. The molecule has 1 aliphatic heterocycles. The van der Waals surface area contributed by atoms with Crippen LogP contribution in [0.15, 0.2) is 24.3 Å². The molecular formula is C16H16O8. The fourth-order valence-corrected chi connectivity index (χ4v) is 2.90. The average Bonchev–Trinajstić information content (AvgIpc) is 2.76. The number of aliphatic hydroxyl groups is 2. The van der Waals surface area contributed by atoms with Crippen LogP contribution < -0.4 is 0 Å². The molecule has 8 heteroatoms. The van der Waals surface area contributed by atoms with Crippen LogP contribution in [0.3, 0.4) is 0 Å². The fourth-order valence-electron chi connectivity index (χ4n) is 2.90. The van der Waals surface area contributed by atoms with Gasteiger partial charge >= 0.3 is 11.9 Å². The first-order chi connectivity index (χ1) is 11.3. The highest BCUT2D eigenvalue weighted by atomic mass is 16.6. The highest BCUT2D eigenvalue weighted by Gasteiger charge is 2.58. The zero-order valence-electron chi connectivity index (χ0n) is 12.5. The number of phenols is 2. The standard InChI is InChI=1S/C16H16O8/c17-9-3-1-8(5-10(9)18)2-4-13(20)24-14-11(19)6-16(22)7-12(14)23-15(16)21/h1-5,11-12,14,17-19,22H,6-7H2/b4-2+/t11-,12+,14-,16-/m1/s1. The van der Waals surface area contributed by atoms with Crippen LogP contribution in [0.4, 0.5) is 0 Å². The van der Waals surface area contributed by atoms with Gasteiger partial charge in [0.15, 0.2) is 23.2 Å². The van der Waals surface area contributed by atoms with Crippen LogP contribution in [-0.2, 0) is 19.1 Å². The Morgan fingerprint density at radius 1 is 1.29 bits per heavy atom. The van der Waals surface area contributed by atoms with Crippen LogP contribution in [0.25, 0.3) is 6.08 Å². The molecule has 2 bridgehead atoms. The fraction of sp³-hybridized carbons (Fsp3) is 0.375. The van der Waals surface area contributed by atoms with Crippen molar-refractivity contribution in [3.63, 3.8) is 0 Å². The first kappa shape index (κ1) is 16.3. The van der Waals surface area contributed by atoms with Gasteiger partial charge in [-0.15, -0.1) is 0 Å². The van der Waals surface area contributed by atoms with Crippen molar-refractivity contribution in [3.05, 3.63) is 29.8 Å². The molecule has 2 fully saturated rings. The predicted octanol–water partition coefficient (Wildman–Crippen LogP) is -0.166. The maximum atomic E-state index is 11.9. The molecule has 2 aliphatic rings. The van der Waals surface area contributed by atoms with Gasteiger partial charge in [0.1, 0.15) is 6.10 Å². The van der Waals surface area contributed by atoms with E-state index in [0.29, 0.717) is 5.56 Å². The zero-order valence-corrected chi connectivity index (χ0v) is 12.5. The van der Waals surface area contributed by atoms with Gasteiger partial charge in [0.25, 0.3) is 0 Å². The summed E-state index contributed by atoms with van der Waals surface area (Å²) in [5, 5.41) is 38.5. The quantitative estimate of drug-likeness (QED) is 0.340. The van der Waals surface area contributed by atoms with Crippen LogP contribution in [-0.4, -0.2) is 56.3 Å². The second-order valence-electron chi connectivity index (χ2n) is 5.93. The monoisotopic (exact) mass is 336 g/mol. The van der Waals surface area contributed by atoms with Crippen molar-refractivity contribution in [1.29, 1.82) is 0 Å². The van der Waals surface area contributed by atoms with Crippen LogP contribution >= 0.6 is 0 Å². The van der Waals surface area contributed by atoms with Crippen LogP contribution in [0.5, 0.6) is 11.5 Å². The average molecular weight is 336 g/mol. The number of benzene rings is 1. The molecule has 4 atom stereocenters. The highest BCUT2D eigenvalue weighted by molar-refractivity contribution is 5.87. The number of aliphatic hydroxyl groups excluding tert-OH is 1.